The van der Waals surface area contributed by atoms with Crippen LogP contribution < -0.4 is 5.73 Å². The molecule has 2 rings (SSSR count). The third kappa shape index (κ3) is 2.12. The van der Waals surface area contributed by atoms with Gasteiger partial charge in [0.2, 0.25) is 0 Å². The summed E-state index contributed by atoms with van der Waals surface area (Å²) in [6, 6.07) is 7.09. The van der Waals surface area contributed by atoms with Crippen LogP contribution in [0.3, 0.4) is 0 Å². The molecule has 5 heteroatoms. The van der Waals surface area contributed by atoms with E-state index in [4.69, 9.17) is 5.73 Å². The lowest BCUT2D eigenvalue weighted by Crippen LogP contribution is -1.83. The number of benzene rings is 1. The average Bonchev–Trinajstić information content (AvgIpc) is 2.66. The first kappa shape index (κ1) is 10.0. The number of halogens is 2. The minimum Gasteiger partial charge on any atom is -0.399 e. The molecule has 2 nitrogen and oxygen atoms in total. The highest BCUT2D eigenvalue weighted by Crippen LogP contribution is 2.31. The van der Waals surface area contributed by atoms with Gasteiger partial charge in [-0.1, -0.05) is 12.1 Å². The average molecular weight is 226 g/mol. The van der Waals surface area contributed by atoms with E-state index in [1.807, 2.05) is 6.07 Å². The molecule has 2 aromatic rings. The number of anilines is 1. The topological polar surface area (TPSA) is 38.9 Å². The van der Waals surface area contributed by atoms with Gasteiger partial charge in [0.15, 0.2) is 5.01 Å². The molecule has 0 amide bonds. The van der Waals surface area contributed by atoms with Crippen molar-refractivity contribution in [3.63, 3.8) is 0 Å². The van der Waals surface area contributed by atoms with Crippen molar-refractivity contribution in [2.24, 2.45) is 0 Å². The zero-order valence-corrected chi connectivity index (χ0v) is 8.47. The van der Waals surface area contributed by atoms with Crippen LogP contribution in [0.4, 0.5) is 14.5 Å². The molecule has 78 valence electrons. The van der Waals surface area contributed by atoms with Crippen molar-refractivity contribution in [3.05, 3.63) is 35.5 Å². The lowest BCUT2D eigenvalue weighted by Gasteiger charge is -1.97. The number of alkyl halides is 2. The number of aromatic nitrogens is 1. The van der Waals surface area contributed by atoms with E-state index in [1.165, 1.54) is 6.20 Å². The fourth-order valence-electron chi connectivity index (χ4n) is 1.21. The Kier molecular flexibility index (Phi) is 2.64. The normalized spacial score (nSPS) is 10.9. The fraction of sp³-hybridized carbons (Fsp3) is 0.100. The van der Waals surface area contributed by atoms with E-state index in [2.05, 4.69) is 4.98 Å². The van der Waals surface area contributed by atoms with E-state index in [0.29, 0.717) is 10.6 Å². The Morgan fingerprint density at radius 1 is 1.33 bits per heavy atom. The maximum Gasteiger partial charge on any atom is 0.289 e. The van der Waals surface area contributed by atoms with E-state index in [1.54, 1.807) is 18.2 Å². The van der Waals surface area contributed by atoms with Crippen LogP contribution in [0, 0.1) is 0 Å². The third-order valence-electron chi connectivity index (χ3n) is 1.88. The predicted molar refractivity (Wildman–Crippen MR) is 56.9 cm³/mol. The van der Waals surface area contributed by atoms with Crippen molar-refractivity contribution in [1.29, 1.82) is 0 Å². The van der Waals surface area contributed by atoms with Crippen molar-refractivity contribution in [2.75, 3.05) is 5.73 Å². The molecule has 0 radical (unpaired) electrons. The van der Waals surface area contributed by atoms with E-state index in [-0.39, 0.29) is 5.01 Å². The van der Waals surface area contributed by atoms with Crippen LogP contribution in [-0.4, -0.2) is 4.98 Å². The Balaban J connectivity index is 2.37. The van der Waals surface area contributed by atoms with Crippen LogP contribution in [0.5, 0.6) is 0 Å². The van der Waals surface area contributed by atoms with E-state index >= 15 is 0 Å². The highest BCUT2D eigenvalue weighted by Gasteiger charge is 2.12. The van der Waals surface area contributed by atoms with Gasteiger partial charge in [0, 0.05) is 11.9 Å². The summed E-state index contributed by atoms with van der Waals surface area (Å²) in [6.07, 6.45) is -1.06. The van der Waals surface area contributed by atoms with Gasteiger partial charge in [-0.25, -0.2) is 13.8 Å². The lowest BCUT2D eigenvalue weighted by atomic mass is 10.2. The summed E-state index contributed by atoms with van der Waals surface area (Å²) in [5, 5.41) is -0.160. The zero-order chi connectivity index (χ0) is 10.8. The number of rotatable bonds is 2. The van der Waals surface area contributed by atoms with Gasteiger partial charge in [0.25, 0.3) is 6.43 Å². The van der Waals surface area contributed by atoms with Gasteiger partial charge in [-0.2, -0.15) is 0 Å². The summed E-state index contributed by atoms with van der Waals surface area (Å²) in [6.45, 7) is 0. The number of nitrogens with zero attached hydrogens (tertiary/aromatic N) is 1. The second-order valence-electron chi connectivity index (χ2n) is 2.99. The summed E-state index contributed by atoms with van der Waals surface area (Å²) in [4.78, 5) is 4.36. The highest BCUT2D eigenvalue weighted by molar-refractivity contribution is 7.15. The first-order valence-corrected chi connectivity index (χ1v) is 5.08. The Bertz CT molecular complexity index is 468. The predicted octanol–water partition coefficient (Wildman–Crippen LogP) is 3.33. The molecule has 0 aliphatic carbocycles. The summed E-state index contributed by atoms with van der Waals surface area (Å²) in [5.41, 5.74) is 7.03. The first-order valence-electron chi connectivity index (χ1n) is 4.26. The fourth-order valence-corrected chi connectivity index (χ4v) is 1.98. The van der Waals surface area contributed by atoms with Gasteiger partial charge in [-0.3, -0.25) is 0 Å². The molecule has 1 aromatic heterocycles. The van der Waals surface area contributed by atoms with Crippen LogP contribution in [0.15, 0.2) is 30.5 Å². The maximum atomic E-state index is 12.3. The molecule has 2 N–H and O–H groups in total. The molecule has 15 heavy (non-hydrogen) atoms. The van der Waals surface area contributed by atoms with Crippen molar-refractivity contribution in [1.82, 2.24) is 4.98 Å². The van der Waals surface area contributed by atoms with Gasteiger partial charge in [0.05, 0.1) is 4.88 Å². The number of hydrogen-bond acceptors (Lipinski definition) is 3. The SMILES string of the molecule is Nc1cccc(-c2cnc(C(F)F)s2)c1. The molecule has 0 bridgehead atoms. The molecule has 0 atom stereocenters. The summed E-state index contributed by atoms with van der Waals surface area (Å²) >= 11 is 0.986. The zero-order valence-electron chi connectivity index (χ0n) is 7.65. The molecule has 1 heterocycles. The van der Waals surface area contributed by atoms with E-state index in [9.17, 15) is 8.78 Å². The van der Waals surface area contributed by atoms with Gasteiger partial charge in [-0.15, -0.1) is 11.3 Å². The molecule has 0 spiro atoms. The minimum absolute atomic E-state index is 0.160. The standard InChI is InChI=1S/C10H8F2N2S/c11-9(12)10-14-5-8(15-10)6-2-1-3-7(13)4-6/h1-5,9H,13H2. The van der Waals surface area contributed by atoms with Crippen molar-refractivity contribution in [3.8, 4) is 10.4 Å². The Morgan fingerprint density at radius 3 is 2.73 bits per heavy atom. The Morgan fingerprint density at radius 2 is 2.13 bits per heavy atom. The second kappa shape index (κ2) is 3.94. The lowest BCUT2D eigenvalue weighted by molar-refractivity contribution is 0.151. The molecular weight excluding hydrogens is 218 g/mol. The molecule has 0 saturated carbocycles. The van der Waals surface area contributed by atoms with E-state index < -0.39 is 6.43 Å². The van der Waals surface area contributed by atoms with Crippen LogP contribution in [0.2, 0.25) is 0 Å². The third-order valence-corrected chi connectivity index (χ3v) is 2.94. The molecule has 0 aliphatic heterocycles. The van der Waals surface area contributed by atoms with Gasteiger partial charge in [-0.05, 0) is 17.7 Å². The highest BCUT2D eigenvalue weighted by atomic mass is 32.1. The minimum atomic E-state index is -2.51. The molecule has 0 saturated heterocycles. The number of hydrogen-bond donors (Lipinski definition) is 1. The van der Waals surface area contributed by atoms with Crippen LogP contribution >= 0.6 is 11.3 Å². The van der Waals surface area contributed by atoms with Crippen molar-refractivity contribution >= 4 is 17.0 Å². The van der Waals surface area contributed by atoms with Crippen molar-refractivity contribution < 1.29 is 8.78 Å². The molecule has 1 aromatic carbocycles. The van der Waals surface area contributed by atoms with Gasteiger partial charge in [0.1, 0.15) is 0 Å². The summed E-state index contributed by atoms with van der Waals surface area (Å²) in [7, 11) is 0. The largest absolute Gasteiger partial charge is 0.399 e. The molecule has 0 unspecified atom stereocenters. The van der Waals surface area contributed by atoms with Gasteiger partial charge < -0.3 is 5.73 Å². The smallest absolute Gasteiger partial charge is 0.289 e. The van der Waals surface area contributed by atoms with Crippen molar-refractivity contribution in [2.45, 2.75) is 6.43 Å². The molecular formula is C10H8F2N2S. The second-order valence-corrected chi connectivity index (χ2v) is 4.05. The molecule has 0 fully saturated rings. The van der Waals surface area contributed by atoms with Crippen LogP contribution in [0.25, 0.3) is 10.4 Å². The number of thiazole rings is 1. The Labute approximate surface area is 89.4 Å². The first-order chi connectivity index (χ1) is 7.16. The summed E-state index contributed by atoms with van der Waals surface area (Å²) in [5.74, 6) is 0. The number of nitrogen functional groups attached to an aromatic ring is 1. The molecule has 0 aliphatic rings. The summed E-state index contributed by atoms with van der Waals surface area (Å²) < 4.78 is 24.6. The van der Waals surface area contributed by atoms with Gasteiger partial charge >= 0.3 is 0 Å². The van der Waals surface area contributed by atoms with Crippen LogP contribution in [0.1, 0.15) is 11.4 Å². The van der Waals surface area contributed by atoms with E-state index in [0.717, 1.165) is 16.9 Å². The Hall–Kier alpha value is -1.49. The monoisotopic (exact) mass is 226 g/mol. The maximum absolute atomic E-state index is 12.3. The van der Waals surface area contributed by atoms with Crippen LogP contribution in [-0.2, 0) is 0 Å². The quantitative estimate of drug-likeness (QED) is 0.798. The number of nitrogens with two attached hydrogens (primary N) is 1.